The Balaban J connectivity index is 1.11. The molecule has 4 bridgehead atoms. The van der Waals surface area contributed by atoms with Crippen molar-refractivity contribution in [2.45, 2.75) is 76.4 Å². The predicted octanol–water partition coefficient (Wildman–Crippen LogP) is 5.32. The van der Waals surface area contributed by atoms with E-state index in [1.807, 2.05) is 24.3 Å². The van der Waals surface area contributed by atoms with Gasteiger partial charge in [0.15, 0.2) is 0 Å². The quantitative estimate of drug-likeness (QED) is 0.434. The molecule has 5 saturated carbocycles. The first kappa shape index (κ1) is 24.6. The van der Waals surface area contributed by atoms with Crippen LogP contribution in [-0.4, -0.2) is 34.4 Å². The molecule has 3 N–H and O–H groups in total. The Kier molecular flexibility index (Phi) is 6.81. The van der Waals surface area contributed by atoms with Gasteiger partial charge in [-0.3, -0.25) is 4.79 Å². The van der Waals surface area contributed by atoms with E-state index in [1.165, 1.54) is 32.1 Å². The molecule has 0 aliphatic heterocycles. The number of hydrogen-bond acceptors (Lipinski definition) is 7. The summed E-state index contributed by atoms with van der Waals surface area (Å²) in [4.78, 5) is 20.7. The van der Waals surface area contributed by atoms with Crippen LogP contribution in [0.4, 0.5) is 11.8 Å². The normalized spacial score (nSPS) is 30.8. The molecule has 5 atom stereocenters. The molecule has 1 aromatic carbocycles. The maximum atomic E-state index is 11.7. The van der Waals surface area contributed by atoms with Crippen molar-refractivity contribution < 1.29 is 4.79 Å². The smallest absolute Gasteiger partial charge is 0.224 e. The van der Waals surface area contributed by atoms with Crippen molar-refractivity contribution in [2.24, 2.45) is 23.2 Å². The molecule has 8 heteroatoms. The van der Waals surface area contributed by atoms with Crippen LogP contribution in [0.2, 0.25) is 5.02 Å². The zero-order valence-electron chi connectivity index (χ0n) is 21.2. The molecule has 5 aliphatic rings. The van der Waals surface area contributed by atoms with Crippen LogP contribution in [0, 0.1) is 34.5 Å². The lowest BCUT2D eigenvalue weighted by Gasteiger charge is -2.61. The lowest BCUT2D eigenvalue weighted by molar-refractivity contribution is -0.121. The summed E-state index contributed by atoms with van der Waals surface area (Å²) >= 11 is 6.29. The maximum Gasteiger partial charge on any atom is 0.224 e. The molecule has 0 radical (unpaired) electrons. The average molecular weight is 519 g/mol. The first-order chi connectivity index (χ1) is 18.0. The van der Waals surface area contributed by atoms with Crippen molar-refractivity contribution >= 4 is 29.2 Å². The van der Waals surface area contributed by atoms with Gasteiger partial charge in [-0.1, -0.05) is 29.8 Å². The first-order valence-electron chi connectivity index (χ1n) is 13.8. The van der Waals surface area contributed by atoms with E-state index >= 15 is 0 Å². The highest BCUT2D eigenvalue weighted by Crippen LogP contribution is 2.60. The Bertz CT molecular complexity index is 1190. The number of hydrogen-bond donors (Lipinski definition) is 3. The number of nitrogens with one attached hydrogen (secondary N) is 3. The summed E-state index contributed by atoms with van der Waals surface area (Å²) in [6, 6.07) is 11.1. The number of anilines is 2. The van der Waals surface area contributed by atoms with Gasteiger partial charge in [0.2, 0.25) is 5.95 Å². The number of ketones is 1. The van der Waals surface area contributed by atoms with Crippen LogP contribution in [0.15, 0.2) is 30.5 Å². The zero-order valence-corrected chi connectivity index (χ0v) is 21.9. The lowest BCUT2D eigenvalue weighted by Crippen LogP contribution is -2.61. The number of carbonyl (C=O) groups is 1. The van der Waals surface area contributed by atoms with Crippen molar-refractivity contribution in [1.82, 2.24) is 15.3 Å². The Hall–Kier alpha value is -2.69. The Labute approximate surface area is 223 Å². The SMILES string of the molecule is N#Cc1cnc(NCc2ccccc2Cl)nc1NC[C@]12CC3C[C@H](C1)[C@H](NC1CCC(=O)CC1)[C@@H](C3)C2. The number of carbonyl (C=O) groups excluding carboxylic acids is 1. The molecule has 2 aromatic rings. The molecule has 7 rings (SSSR count). The van der Waals surface area contributed by atoms with Crippen molar-refractivity contribution in [2.75, 3.05) is 17.2 Å². The van der Waals surface area contributed by atoms with Gasteiger partial charge in [0.1, 0.15) is 23.2 Å². The Morgan fingerprint density at radius 3 is 2.57 bits per heavy atom. The van der Waals surface area contributed by atoms with E-state index in [0.29, 0.717) is 58.6 Å². The number of halogens is 1. The van der Waals surface area contributed by atoms with Crippen LogP contribution >= 0.6 is 11.6 Å². The van der Waals surface area contributed by atoms with E-state index < -0.39 is 0 Å². The summed E-state index contributed by atoms with van der Waals surface area (Å²) < 4.78 is 0. The fourth-order valence-electron chi connectivity index (χ4n) is 7.83. The molecule has 0 spiro atoms. The van der Waals surface area contributed by atoms with Crippen LogP contribution in [0.25, 0.3) is 0 Å². The maximum absolute atomic E-state index is 11.7. The van der Waals surface area contributed by atoms with Gasteiger partial charge in [0.05, 0.1) is 6.20 Å². The standard InChI is InChI=1S/C29H35ClN6O/c30-25-4-2-1-3-19(25)15-32-28-33-16-22(14-31)27(36-28)34-17-29-11-18-9-20(12-29)26(21(10-18)13-29)35-23-5-7-24(37)8-6-23/h1-4,16,18,20-21,23,26,35H,5-13,15,17H2,(H2,32,33,34,36)/t18?,20-,21+,26+,29-. The Morgan fingerprint density at radius 1 is 1.08 bits per heavy atom. The van der Waals surface area contributed by atoms with Crippen LogP contribution in [0.3, 0.4) is 0 Å². The summed E-state index contributed by atoms with van der Waals surface area (Å²) in [5, 5.41) is 21.2. The second-order valence-electron chi connectivity index (χ2n) is 11.8. The molecule has 7 nitrogen and oxygen atoms in total. The van der Waals surface area contributed by atoms with E-state index in [2.05, 4.69) is 32.0 Å². The van der Waals surface area contributed by atoms with Crippen molar-refractivity contribution in [1.29, 1.82) is 5.26 Å². The van der Waals surface area contributed by atoms with Crippen LogP contribution in [0.5, 0.6) is 0 Å². The monoisotopic (exact) mass is 518 g/mol. The minimum absolute atomic E-state index is 0.264. The van der Waals surface area contributed by atoms with Crippen LogP contribution < -0.4 is 16.0 Å². The van der Waals surface area contributed by atoms with E-state index in [4.69, 9.17) is 11.6 Å². The predicted molar refractivity (Wildman–Crippen MR) is 144 cm³/mol. The molecule has 1 aromatic heterocycles. The minimum Gasteiger partial charge on any atom is -0.368 e. The minimum atomic E-state index is 0.264. The van der Waals surface area contributed by atoms with Crippen molar-refractivity contribution in [3.63, 3.8) is 0 Å². The third-order valence-electron chi connectivity index (χ3n) is 9.31. The van der Waals surface area contributed by atoms with E-state index in [0.717, 1.165) is 43.7 Å². The van der Waals surface area contributed by atoms with Gasteiger partial charge in [-0.25, -0.2) is 4.98 Å². The van der Waals surface area contributed by atoms with Gasteiger partial charge in [-0.15, -0.1) is 0 Å². The topological polar surface area (TPSA) is 103 Å². The van der Waals surface area contributed by atoms with Crippen molar-refractivity contribution in [3.8, 4) is 6.07 Å². The molecule has 1 heterocycles. The molecule has 0 saturated heterocycles. The highest BCUT2D eigenvalue weighted by Gasteiger charge is 2.55. The molecule has 0 amide bonds. The van der Waals surface area contributed by atoms with E-state index in [9.17, 15) is 10.1 Å². The summed E-state index contributed by atoms with van der Waals surface area (Å²) in [5.41, 5.74) is 1.71. The molecule has 1 unspecified atom stereocenters. The van der Waals surface area contributed by atoms with Gasteiger partial charge < -0.3 is 16.0 Å². The number of benzene rings is 1. The van der Waals surface area contributed by atoms with Crippen LogP contribution in [-0.2, 0) is 11.3 Å². The van der Waals surface area contributed by atoms with E-state index in [-0.39, 0.29) is 5.41 Å². The van der Waals surface area contributed by atoms with Gasteiger partial charge in [-0.2, -0.15) is 10.2 Å². The van der Waals surface area contributed by atoms with Gasteiger partial charge in [-0.05, 0) is 79.7 Å². The largest absolute Gasteiger partial charge is 0.368 e. The fourth-order valence-corrected chi connectivity index (χ4v) is 8.03. The number of nitriles is 1. The number of rotatable bonds is 8. The first-order valence-corrected chi connectivity index (χ1v) is 14.1. The van der Waals surface area contributed by atoms with Crippen molar-refractivity contribution in [3.05, 3.63) is 46.6 Å². The molecular weight excluding hydrogens is 484 g/mol. The van der Waals surface area contributed by atoms with Gasteiger partial charge >= 0.3 is 0 Å². The average Bonchev–Trinajstić information content (AvgIpc) is 2.90. The van der Waals surface area contributed by atoms with Crippen LogP contribution in [0.1, 0.15) is 68.9 Å². The second-order valence-corrected chi connectivity index (χ2v) is 12.2. The molecule has 194 valence electrons. The summed E-state index contributed by atoms with van der Waals surface area (Å²) in [5.74, 6) is 3.74. The lowest BCUT2D eigenvalue weighted by atomic mass is 9.47. The van der Waals surface area contributed by atoms with Gasteiger partial charge in [0.25, 0.3) is 0 Å². The third kappa shape index (κ3) is 5.19. The highest BCUT2D eigenvalue weighted by molar-refractivity contribution is 6.31. The summed E-state index contributed by atoms with van der Waals surface area (Å²) in [6.45, 7) is 1.36. The zero-order chi connectivity index (χ0) is 25.4. The number of aromatic nitrogens is 2. The van der Waals surface area contributed by atoms with E-state index in [1.54, 1.807) is 6.20 Å². The second kappa shape index (κ2) is 10.2. The number of Topliss-reactive ketones (excluding diaryl/α,β-unsaturated/α-hetero) is 1. The number of nitrogens with zero attached hydrogens (tertiary/aromatic N) is 3. The molecule has 37 heavy (non-hydrogen) atoms. The molecular formula is C29H35ClN6O. The fraction of sp³-hybridized carbons (Fsp3) is 0.586. The molecule has 5 fully saturated rings. The summed E-state index contributed by atoms with van der Waals surface area (Å²) in [7, 11) is 0. The highest BCUT2D eigenvalue weighted by atomic mass is 35.5. The molecule has 5 aliphatic carbocycles. The van der Waals surface area contributed by atoms with Gasteiger partial charge in [0, 0.05) is 43.0 Å². The Morgan fingerprint density at radius 2 is 1.84 bits per heavy atom. The summed E-state index contributed by atoms with van der Waals surface area (Å²) in [6.07, 6.45) is 11.5. The third-order valence-corrected chi connectivity index (χ3v) is 9.67.